The fourth-order valence-electron chi connectivity index (χ4n) is 2.33. The summed E-state index contributed by atoms with van der Waals surface area (Å²) in [6.45, 7) is 2.24. The standard InChI is InChI=1S/C14H21N3O2/c1-16-12-5-4-11(19-2)10-13(12)17(8-3-7-15)9-6-14(16)18/h4-5,10H,3,6-9,15H2,1-2H3. The van der Waals surface area contributed by atoms with Crippen molar-refractivity contribution < 1.29 is 9.53 Å². The molecule has 0 radical (unpaired) electrons. The lowest BCUT2D eigenvalue weighted by molar-refractivity contribution is -0.118. The SMILES string of the molecule is COc1ccc2c(c1)N(CCCN)CCC(=O)N2C. The van der Waals surface area contributed by atoms with Gasteiger partial charge in [0.1, 0.15) is 5.75 Å². The third kappa shape index (κ3) is 2.81. The predicted molar refractivity (Wildman–Crippen MR) is 76.9 cm³/mol. The van der Waals surface area contributed by atoms with E-state index in [0.29, 0.717) is 13.0 Å². The van der Waals surface area contributed by atoms with Gasteiger partial charge in [0.05, 0.1) is 18.5 Å². The van der Waals surface area contributed by atoms with E-state index in [0.717, 1.165) is 36.6 Å². The van der Waals surface area contributed by atoms with Crippen LogP contribution in [0.1, 0.15) is 12.8 Å². The number of fused-ring (bicyclic) bond motifs is 1. The summed E-state index contributed by atoms with van der Waals surface area (Å²) < 4.78 is 5.28. The van der Waals surface area contributed by atoms with Crippen LogP contribution in [0.25, 0.3) is 0 Å². The highest BCUT2D eigenvalue weighted by molar-refractivity contribution is 5.98. The molecule has 19 heavy (non-hydrogen) atoms. The number of nitrogens with zero attached hydrogens (tertiary/aromatic N) is 2. The van der Waals surface area contributed by atoms with Crippen LogP contribution in [0.5, 0.6) is 5.75 Å². The van der Waals surface area contributed by atoms with Crippen LogP contribution in [0.3, 0.4) is 0 Å². The molecule has 0 atom stereocenters. The molecule has 2 N–H and O–H groups in total. The second-order valence-corrected chi connectivity index (χ2v) is 4.69. The van der Waals surface area contributed by atoms with Gasteiger partial charge in [-0.15, -0.1) is 0 Å². The molecule has 0 fully saturated rings. The molecule has 5 nitrogen and oxygen atoms in total. The summed E-state index contributed by atoms with van der Waals surface area (Å²) in [4.78, 5) is 15.9. The van der Waals surface area contributed by atoms with E-state index >= 15 is 0 Å². The van der Waals surface area contributed by atoms with Crippen LogP contribution in [0, 0.1) is 0 Å². The number of nitrogens with two attached hydrogens (primary N) is 1. The molecule has 104 valence electrons. The van der Waals surface area contributed by atoms with Gasteiger partial charge in [-0.2, -0.15) is 0 Å². The number of methoxy groups -OCH3 is 1. The number of hydrogen-bond donors (Lipinski definition) is 1. The summed E-state index contributed by atoms with van der Waals surface area (Å²) in [6.07, 6.45) is 1.44. The minimum atomic E-state index is 0.140. The van der Waals surface area contributed by atoms with Crippen molar-refractivity contribution in [3.05, 3.63) is 18.2 Å². The fourth-order valence-corrected chi connectivity index (χ4v) is 2.33. The van der Waals surface area contributed by atoms with Crippen LogP contribution >= 0.6 is 0 Å². The van der Waals surface area contributed by atoms with Crippen molar-refractivity contribution in [2.45, 2.75) is 12.8 Å². The highest BCUT2D eigenvalue weighted by Crippen LogP contribution is 2.35. The Kier molecular flexibility index (Phi) is 4.27. The molecule has 5 heteroatoms. The maximum absolute atomic E-state index is 12.0. The van der Waals surface area contributed by atoms with E-state index in [1.807, 2.05) is 25.2 Å². The average Bonchev–Trinajstić information content (AvgIpc) is 2.56. The molecule has 1 amide bonds. The van der Waals surface area contributed by atoms with Crippen LogP contribution in [0.15, 0.2) is 18.2 Å². The van der Waals surface area contributed by atoms with Gasteiger partial charge in [-0.25, -0.2) is 0 Å². The first-order valence-corrected chi connectivity index (χ1v) is 6.57. The molecular formula is C14H21N3O2. The summed E-state index contributed by atoms with van der Waals surface area (Å²) in [5.74, 6) is 0.945. The van der Waals surface area contributed by atoms with Gasteiger partial charge in [-0.3, -0.25) is 4.79 Å². The van der Waals surface area contributed by atoms with E-state index < -0.39 is 0 Å². The number of benzene rings is 1. The zero-order valence-corrected chi connectivity index (χ0v) is 11.6. The molecule has 2 rings (SSSR count). The Hall–Kier alpha value is -1.75. The Bertz CT molecular complexity index is 462. The zero-order chi connectivity index (χ0) is 13.8. The number of carbonyl (C=O) groups is 1. The van der Waals surface area contributed by atoms with E-state index in [1.165, 1.54) is 0 Å². The molecule has 1 aliphatic rings. The number of hydrogen-bond acceptors (Lipinski definition) is 4. The first-order chi connectivity index (χ1) is 9.17. The maximum atomic E-state index is 12.0. The lowest BCUT2D eigenvalue weighted by Crippen LogP contribution is -2.27. The maximum Gasteiger partial charge on any atom is 0.228 e. The number of rotatable bonds is 4. The van der Waals surface area contributed by atoms with E-state index in [2.05, 4.69) is 4.90 Å². The van der Waals surface area contributed by atoms with E-state index in [1.54, 1.807) is 12.0 Å². The summed E-state index contributed by atoms with van der Waals surface area (Å²) >= 11 is 0. The van der Waals surface area contributed by atoms with Gasteiger partial charge in [0, 0.05) is 32.6 Å². The van der Waals surface area contributed by atoms with E-state index in [-0.39, 0.29) is 5.91 Å². The highest BCUT2D eigenvalue weighted by Gasteiger charge is 2.23. The molecular weight excluding hydrogens is 242 g/mol. The van der Waals surface area contributed by atoms with Crippen LogP contribution in [0.4, 0.5) is 11.4 Å². The summed E-state index contributed by atoms with van der Waals surface area (Å²) in [5.41, 5.74) is 7.56. The molecule has 0 aliphatic carbocycles. The summed E-state index contributed by atoms with van der Waals surface area (Å²) in [7, 11) is 3.47. The van der Waals surface area contributed by atoms with Crippen molar-refractivity contribution in [2.24, 2.45) is 5.73 Å². The second kappa shape index (κ2) is 5.93. The zero-order valence-electron chi connectivity index (χ0n) is 11.6. The van der Waals surface area contributed by atoms with Crippen molar-refractivity contribution in [3.8, 4) is 5.75 Å². The van der Waals surface area contributed by atoms with E-state index in [9.17, 15) is 4.79 Å². The molecule has 1 aromatic rings. The molecule has 0 bridgehead atoms. The molecule has 1 aliphatic heterocycles. The van der Waals surface area contributed by atoms with Gasteiger partial charge < -0.3 is 20.3 Å². The van der Waals surface area contributed by atoms with Gasteiger partial charge in [0.15, 0.2) is 0 Å². The Morgan fingerprint density at radius 1 is 1.37 bits per heavy atom. The van der Waals surface area contributed by atoms with Crippen LogP contribution < -0.4 is 20.3 Å². The van der Waals surface area contributed by atoms with E-state index in [4.69, 9.17) is 10.5 Å². The Balaban J connectivity index is 2.39. The summed E-state index contributed by atoms with van der Waals surface area (Å²) in [6, 6.07) is 5.81. The van der Waals surface area contributed by atoms with Gasteiger partial charge in [0.25, 0.3) is 0 Å². The van der Waals surface area contributed by atoms with Gasteiger partial charge in [-0.1, -0.05) is 0 Å². The second-order valence-electron chi connectivity index (χ2n) is 4.69. The summed E-state index contributed by atoms with van der Waals surface area (Å²) in [5, 5.41) is 0. The quantitative estimate of drug-likeness (QED) is 0.887. The third-order valence-corrected chi connectivity index (χ3v) is 3.49. The first-order valence-electron chi connectivity index (χ1n) is 6.57. The molecule has 0 spiro atoms. The topological polar surface area (TPSA) is 58.8 Å². The molecule has 0 aromatic heterocycles. The highest BCUT2D eigenvalue weighted by atomic mass is 16.5. The lowest BCUT2D eigenvalue weighted by atomic mass is 10.2. The van der Waals surface area contributed by atoms with Gasteiger partial charge in [-0.05, 0) is 25.1 Å². The number of anilines is 2. The Labute approximate surface area is 113 Å². The monoisotopic (exact) mass is 263 g/mol. The van der Waals surface area contributed by atoms with Crippen molar-refractivity contribution in [2.75, 3.05) is 43.6 Å². The third-order valence-electron chi connectivity index (χ3n) is 3.49. The largest absolute Gasteiger partial charge is 0.497 e. The number of ether oxygens (including phenoxy) is 1. The van der Waals surface area contributed by atoms with Crippen LogP contribution in [-0.2, 0) is 4.79 Å². The van der Waals surface area contributed by atoms with Crippen molar-refractivity contribution in [1.29, 1.82) is 0 Å². The molecule has 0 saturated carbocycles. The molecule has 0 unspecified atom stereocenters. The van der Waals surface area contributed by atoms with Crippen LogP contribution in [-0.4, -0.2) is 39.7 Å². The normalized spacial score (nSPS) is 15.2. The minimum absolute atomic E-state index is 0.140. The minimum Gasteiger partial charge on any atom is -0.497 e. The van der Waals surface area contributed by atoms with Gasteiger partial charge in [0.2, 0.25) is 5.91 Å². The van der Waals surface area contributed by atoms with Crippen molar-refractivity contribution in [3.63, 3.8) is 0 Å². The van der Waals surface area contributed by atoms with Crippen molar-refractivity contribution in [1.82, 2.24) is 0 Å². The van der Waals surface area contributed by atoms with Crippen molar-refractivity contribution >= 4 is 17.3 Å². The molecule has 1 heterocycles. The molecule has 1 aromatic carbocycles. The average molecular weight is 263 g/mol. The van der Waals surface area contributed by atoms with Gasteiger partial charge >= 0.3 is 0 Å². The number of carbonyl (C=O) groups excluding carboxylic acids is 1. The smallest absolute Gasteiger partial charge is 0.228 e. The predicted octanol–water partition coefficient (Wildman–Crippen LogP) is 1.22. The fraction of sp³-hybridized carbons (Fsp3) is 0.500. The molecule has 0 saturated heterocycles. The number of amides is 1. The van der Waals surface area contributed by atoms with Crippen LogP contribution in [0.2, 0.25) is 0 Å². The lowest BCUT2D eigenvalue weighted by Gasteiger charge is -2.25. The Morgan fingerprint density at radius 3 is 2.84 bits per heavy atom. The Morgan fingerprint density at radius 2 is 2.16 bits per heavy atom. The first kappa shape index (κ1) is 13.7.